The summed E-state index contributed by atoms with van der Waals surface area (Å²) in [4.78, 5) is 26.5. The van der Waals surface area contributed by atoms with Gasteiger partial charge in [-0.05, 0) is 18.1 Å². The zero-order chi connectivity index (χ0) is 16.2. The molecule has 0 aliphatic rings. The first kappa shape index (κ1) is 15.1. The number of non-ortho nitro benzene ring substituents is 1. The lowest BCUT2D eigenvalue weighted by molar-refractivity contribution is -0.384. The number of nitro benzene ring substituents is 1. The van der Waals surface area contributed by atoms with Crippen LogP contribution in [-0.4, -0.2) is 15.8 Å². The highest BCUT2D eigenvalue weighted by Gasteiger charge is 2.12. The molecule has 0 aliphatic heterocycles. The maximum atomic E-state index is 12.0. The Morgan fingerprint density at radius 1 is 1.22 bits per heavy atom. The number of nitro groups is 1. The van der Waals surface area contributed by atoms with Crippen LogP contribution in [0.3, 0.4) is 0 Å². The van der Waals surface area contributed by atoms with E-state index in [4.69, 9.17) is 0 Å². The molecule has 1 N–H and O–H groups in total. The minimum absolute atomic E-state index is 0.00949. The lowest BCUT2D eigenvalue weighted by Gasteiger charge is -2.01. The van der Waals surface area contributed by atoms with Gasteiger partial charge in [0.15, 0.2) is 5.13 Å². The van der Waals surface area contributed by atoms with Crippen molar-refractivity contribution >= 4 is 38.3 Å². The molecule has 0 radical (unpaired) electrons. The lowest BCUT2D eigenvalue weighted by atomic mass is 10.1. The summed E-state index contributed by atoms with van der Waals surface area (Å²) in [6.45, 7) is 0. The van der Waals surface area contributed by atoms with Gasteiger partial charge in [-0.3, -0.25) is 14.9 Å². The van der Waals surface area contributed by atoms with E-state index >= 15 is 0 Å². The molecule has 0 fully saturated rings. The molecule has 0 atom stereocenters. The van der Waals surface area contributed by atoms with Crippen LogP contribution in [0.25, 0.3) is 10.2 Å². The topological polar surface area (TPSA) is 85.1 Å². The third-order valence-corrected chi connectivity index (χ3v) is 4.26. The second-order valence-electron chi connectivity index (χ2n) is 4.96. The molecule has 3 aromatic rings. The molecule has 0 unspecified atom stereocenters. The minimum atomic E-state index is -0.461. The summed E-state index contributed by atoms with van der Waals surface area (Å²) in [7, 11) is 0. The number of nitrogens with one attached hydrogen (secondary N) is 1. The number of thiazole rings is 1. The monoisotopic (exact) mass is 327 g/mol. The summed E-state index contributed by atoms with van der Waals surface area (Å²) in [6.07, 6.45) is 1.02. The van der Waals surface area contributed by atoms with E-state index in [1.54, 1.807) is 6.07 Å². The predicted molar refractivity (Wildman–Crippen MR) is 89.7 cm³/mol. The maximum absolute atomic E-state index is 12.0. The van der Waals surface area contributed by atoms with Gasteiger partial charge in [0.1, 0.15) is 0 Å². The van der Waals surface area contributed by atoms with Gasteiger partial charge in [-0.2, -0.15) is 0 Å². The summed E-state index contributed by atoms with van der Waals surface area (Å²) < 4.78 is 0.800. The minimum Gasteiger partial charge on any atom is -0.302 e. The summed E-state index contributed by atoms with van der Waals surface area (Å²) in [5.41, 5.74) is 1.61. The normalized spacial score (nSPS) is 10.6. The van der Waals surface area contributed by atoms with Crippen molar-refractivity contribution < 1.29 is 9.72 Å². The molecule has 0 spiro atoms. The van der Waals surface area contributed by atoms with E-state index in [-0.39, 0.29) is 11.6 Å². The molecule has 0 aliphatic carbocycles. The second-order valence-corrected chi connectivity index (χ2v) is 5.99. The van der Waals surface area contributed by atoms with Gasteiger partial charge >= 0.3 is 0 Å². The standard InChI is InChI=1S/C16H13N3O3S/c20-15(9-6-11-4-2-1-3-5-11)18-16-17-13-10-12(19(21)22)7-8-14(13)23-16/h1-5,7-8,10H,6,9H2,(H,17,18,20). The lowest BCUT2D eigenvalue weighted by Crippen LogP contribution is -2.11. The maximum Gasteiger partial charge on any atom is 0.271 e. The largest absolute Gasteiger partial charge is 0.302 e. The smallest absolute Gasteiger partial charge is 0.271 e. The number of aromatic nitrogens is 1. The molecule has 23 heavy (non-hydrogen) atoms. The van der Waals surface area contributed by atoms with E-state index in [1.807, 2.05) is 30.3 Å². The highest BCUT2D eigenvalue weighted by molar-refractivity contribution is 7.22. The summed E-state index contributed by atoms with van der Waals surface area (Å²) in [5.74, 6) is -0.123. The number of carbonyl (C=O) groups excluding carboxylic acids is 1. The van der Waals surface area contributed by atoms with Crippen LogP contribution < -0.4 is 5.32 Å². The van der Waals surface area contributed by atoms with Gasteiger partial charge in [0.2, 0.25) is 5.91 Å². The first-order valence-corrected chi connectivity index (χ1v) is 7.82. The highest BCUT2D eigenvalue weighted by Crippen LogP contribution is 2.28. The predicted octanol–water partition coefficient (Wildman–Crippen LogP) is 3.78. The van der Waals surface area contributed by atoms with Crippen molar-refractivity contribution in [3.8, 4) is 0 Å². The SMILES string of the molecule is O=C(CCc1ccccc1)Nc1nc2cc([N+](=O)[O-])ccc2s1. The number of nitrogens with zero attached hydrogens (tertiary/aromatic N) is 2. The number of amides is 1. The van der Waals surface area contributed by atoms with Crippen LogP contribution in [0.2, 0.25) is 0 Å². The molecule has 116 valence electrons. The fourth-order valence-electron chi connectivity index (χ4n) is 2.17. The Balaban J connectivity index is 1.66. The molecule has 1 heterocycles. The number of anilines is 1. The van der Waals surface area contributed by atoms with E-state index in [0.717, 1.165) is 10.3 Å². The van der Waals surface area contributed by atoms with Gasteiger partial charge in [0, 0.05) is 18.6 Å². The number of aryl methyl sites for hydroxylation is 1. The van der Waals surface area contributed by atoms with Crippen LogP contribution in [0.15, 0.2) is 48.5 Å². The van der Waals surface area contributed by atoms with Crippen LogP contribution in [0.5, 0.6) is 0 Å². The van der Waals surface area contributed by atoms with E-state index in [0.29, 0.717) is 23.5 Å². The Morgan fingerprint density at radius 2 is 2.00 bits per heavy atom. The summed E-state index contributed by atoms with van der Waals surface area (Å²) in [6, 6.07) is 14.2. The molecule has 1 amide bonds. The molecule has 2 aromatic carbocycles. The van der Waals surface area contributed by atoms with Gasteiger partial charge in [0.25, 0.3) is 5.69 Å². The Hall–Kier alpha value is -2.80. The van der Waals surface area contributed by atoms with E-state index in [1.165, 1.54) is 23.5 Å². The summed E-state index contributed by atoms with van der Waals surface area (Å²) >= 11 is 1.30. The van der Waals surface area contributed by atoms with Gasteiger partial charge in [-0.15, -0.1) is 0 Å². The molecule has 3 rings (SSSR count). The Kier molecular flexibility index (Phi) is 4.29. The number of benzene rings is 2. The molecule has 7 heteroatoms. The molecule has 0 saturated carbocycles. The average Bonchev–Trinajstić information content (AvgIpc) is 2.95. The number of rotatable bonds is 5. The van der Waals surface area contributed by atoms with Crippen molar-refractivity contribution in [2.75, 3.05) is 5.32 Å². The van der Waals surface area contributed by atoms with Crippen molar-refractivity contribution in [1.29, 1.82) is 0 Å². The van der Waals surface area contributed by atoms with Crippen LogP contribution in [0, 0.1) is 10.1 Å². The van der Waals surface area contributed by atoms with Crippen LogP contribution in [0.4, 0.5) is 10.8 Å². The van der Waals surface area contributed by atoms with Crippen LogP contribution in [0.1, 0.15) is 12.0 Å². The third kappa shape index (κ3) is 3.70. The van der Waals surface area contributed by atoms with Gasteiger partial charge in [0.05, 0.1) is 15.1 Å². The number of carbonyl (C=O) groups is 1. The fourth-order valence-corrected chi connectivity index (χ4v) is 3.03. The van der Waals surface area contributed by atoms with E-state index in [9.17, 15) is 14.9 Å². The Labute approximate surface area is 135 Å². The summed E-state index contributed by atoms with van der Waals surface area (Å²) in [5, 5.41) is 14.0. The Bertz CT molecular complexity index is 861. The molecular weight excluding hydrogens is 314 g/mol. The number of fused-ring (bicyclic) bond motifs is 1. The van der Waals surface area contributed by atoms with E-state index in [2.05, 4.69) is 10.3 Å². The van der Waals surface area contributed by atoms with Gasteiger partial charge in [-0.1, -0.05) is 41.7 Å². The Morgan fingerprint density at radius 3 is 2.74 bits per heavy atom. The van der Waals surface area contributed by atoms with Crippen LogP contribution >= 0.6 is 11.3 Å². The van der Waals surface area contributed by atoms with Crippen molar-refractivity contribution in [1.82, 2.24) is 4.98 Å². The number of hydrogen-bond acceptors (Lipinski definition) is 5. The van der Waals surface area contributed by atoms with Crippen LogP contribution in [-0.2, 0) is 11.2 Å². The fraction of sp³-hybridized carbons (Fsp3) is 0.125. The molecule has 1 aromatic heterocycles. The zero-order valence-electron chi connectivity index (χ0n) is 12.1. The first-order chi connectivity index (χ1) is 11.1. The van der Waals surface area contributed by atoms with Crippen molar-refractivity contribution in [3.63, 3.8) is 0 Å². The molecule has 6 nitrogen and oxygen atoms in total. The van der Waals surface area contributed by atoms with Gasteiger partial charge < -0.3 is 5.32 Å². The van der Waals surface area contributed by atoms with Crippen molar-refractivity contribution in [2.45, 2.75) is 12.8 Å². The van der Waals surface area contributed by atoms with Crippen molar-refractivity contribution in [3.05, 3.63) is 64.2 Å². The molecule has 0 bridgehead atoms. The van der Waals surface area contributed by atoms with Crippen molar-refractivity contribution in [2.24, 2.45) is 0 Å². The second kappa shape index (κ2) is 6.53. The third-order valence-electron chi connectivity index (χ3n) is 3.31. The highest BCUT2D eigenvalue weighted by atomic mass is 32.1. The average molecular weight is 327 g/mol. The number of hydrogen-bond donors (Lipinski definition) is 1. The van der Waals surface area contributed by atoms with Gasteiger partial charge in [-0.25, -0.2) is 4.98 Å². The zero-order valence-corrected chi connectivity index (χ0v) is 12.9. The quantitative estimate of drug-likeness (QED) is 0.571. The molecular formula is C16H13N3O3S. The van der Waals surface area contributed by atoms with E-state index < -0.39 is 4.92 Å². The first-order valence-electron chi connectivity index (χ1n) is 7.00. The molecule has 0 saturated heterocycles.